The van der Waals surface area contributed by atoms with Gasteiger partial charge >= 0.3 is 23.9 Å². The van der Waals surface area contributed by atoms with Crippen molar-refractivity contribution in [2.75, 3.05) is 0 Å². The second kappa shape index (κ2) is 12.6. The van der Waals surface area contributed by atoms with Crippen molar-refractivity contribution in [3.63, 3.8) is 0 Å². The van der Waals surface area contributed by atoms with Gasteiger partial charge in [-0.25, -0.2) is 19.2 Å². The van der Waals surface area contributed by atoms with Crippen molar-refractivity contribution in [1.29, 1.82) is 0 Å². The van der Waals surface area contributed by atoms with Crippen LogP contribution in [0.4, 0.5) is 0 Å². The molecular formula is C38H30O9. The van der Waals surface area contributed by atoms with Gasteiger partial charge in [0.15, 0.2) is 11.6 Å². The fourth-order valence-electron chi connectivity index (χ4n) is 6.40. The quantitative estimate of drug-likeness (QED) is 0.0867. The van der Waals surface area contributed by atoms with Crippen LogP contribution in [-0.2, 0) is 10.2 Å². The molecule has 4 aromatic carbocycles. The molecule has 1 aliphatic heterocycles. The van der Waals surface area contributed by atoms with Gasteiger partial charge in [0.05, 0.1) is 22.3 Å². The van der Waals surface area contributed by atoms with Gasteiger partial charge in [-0.15, -0.1) is 0 Å². The molecule has 1 heterocycles. The van der Waals surface area contributed by atoms with Gasteiger partial charge in [0, 0.05) is 16.5 Å². The maximum atomic E-state index is 12.9. The fourth-order valence-corrected chi connectivity index (χ4v) is 6.40. The van der Waals surface area contributed by atoms with Gasteiger partial charge in [0.2, 0.25) is 0 Å². The molecule has 9 nitrogen and oxygen atoms in total. The highest BCUT2D eigenvalue weighted by molar-refractivity contribution is 6.15. The van der Waals surface area contributed by atoms with Crippen LogP contribution in [0.5, 0.6) is 11.5 Å². The number of Topliss-reactive ketones (excluding diaryl/α,β-unsaturated/α-hetero) is 2. The van der Waals surface area contributed by atoms with Crippen LogP contribution >= 0.6 is 0 Å². The summed E-state index contributed by atoms with van der Waals surface area (Å²) in [6.45, 7) is 2.71. The maximum Gasteiger partial charge on any atom is 0.346 e. The first-order chi connectivity index (χ1) is 22.6. The van der Waals surface area contributed by atoms with Gasteiger partial charge in [-0.3, -0.25) is 9.59 Å². The molecule has 0 atom stereocenters. The molecule has 0 N–H and O–H groups in total. The SMILES string of the molecule is CC(=O)c1ccc(C(=O)Oc2ccc(C3(c4ccc(OC(=O)c5ccc6c(c5)C(=O)OC6=O)cc4)CCCCC3)cc2)cc1C(C)=O. The topological polar surface area (TPSA) is 130 Å². The van der Waals surface area contributed by atoms with Crippen molar-refractivity contribution >= 4 is 35.4 Å². The number of benzene rings is 4. The highest BCUT2D eigenvalue weighted by Crippen LogP contribution is 2.45. The summed E-state index contributed by atoms with van der Waals surface area (Å²) >= 11 is 0. The molecule has 9 heteroatoms. The predicted molar refractivity (Wildman–Crippen MR) is 169 cm³/mol. The average Bonchev–Trinajstić information content (AvgIpc) is 3.37. The molecule has 0 bridgehead atoms. The van der Waals surface area contributed by atoms with Crippen molar-refractivity contribution in [3.05, 3.63) is 129 Å². The third-order valence-electron chi connectivity index (χ3n) is 8.84. The monoisotopic (exact) mass is 630 g/mol. The second-order valence-corrected chi connectivity index (χ2v) is 11.8. The van der Waals surface area contributed by atoms with Crippen molar-refractivity contribution < 1.29 is 43.0 Å². The molecule has 2 aliphatic rings. The smallest absolute Gasteiger partial charge is 0.346 e. The number of hydrogen-bond donors (Lipinski definition) is 0. The Morgan fingerprint density at radius 2 is 1.06 bits per heavy atom. The Bertz CT molecular complexity index is 1950. The number of hydrogen-bond acceptors (Lipinski definition) is 9. The van der Waals surface area contributed by atoms with Crippen LogP contribution in [0.2, 0.25) is 0 Å². The van der Waals surface area contributed by atoms with Crippen molar-refractivity contribution in [3.8, 4) is 11.5 Å². The zero-order valence-corrected chi connectivity index (χ0v) is 25.8. The summed E-state index contributed by atoms with van der Waals surface area (Å²) in [6, 6.07) is 23.2. The first kappa shape index (κ1) is 31.3. The zero-order chi connectivity index (χ0) is 33.3. The van der Waals surface area contributed by atoms with E-state index in [1.165, 1.54) is 50.2 Å². The number of esters is 4. The Morgan fingerprint density at radius 3 is 1.60 bits per heavy atom. The summed E-state index contributed by atoms with van der Waals surface area (Å²) in [6.07, 6.45) is 5.01. The van der Waals surface area contributed by atoms with Crippen LogP contribution in [0.25, 0.3) is 0 Å². The standard InChI is InChI=1S/C38H30O9/c1-22(39)30-16-6-24(20-32(30)23(2)40)34(41)45-28-12-8-26(9-13-28)38(18-4-3-5-19-38)27-10-14-29(15-11-27)46-35(42)25-7-17-31-33(21-25)37(44)47-36(31)43/h6-17,20-21H,3-5,18-19H2,1-2H3. The van der Waals surface area contributed by atoms with Gasteiger partial charge < -0.3 is 14.2 Å². The highest BCUT2D eigenvalue weighted by atomic mass is 16.6. The molecule has 0 aromatic heterocycles. The van der Waals surface area contributed by atoms with Gasteiger partial charge in [0.25, 0.3) is 0 Å². The van der Waals surface area contributed by atoms with Crippen LogP contribution in [0.15, 0.2) is 84.9 Å². The van der Waals surface area contributed by atoms with E-state index in [2.05, 4.69) is 4.74 Å². The van der Waals surface area contributed by atoms with E-state index in [0.717, 1.165) is 43.2 Å². The fraction of sp³-hybridized carbons (Fsp3) is 0.211. The first-order valence-electron chi connectivity index (χ1n) is 15.3. The molecule has 0 radical (unpaired) electrons. The molecule has 0 spiro atoms. The van der Waals surface area contributed by atoms with E-state index >= 15 is 0 Å². The van der Waals surface area contributed by atoms with E-state index in [1.54, 1.807) is 24.3 Å². The van der Waals surface area contributed by atoms with Gasteiger partial charge in [0.1, 0.15) is 11.5 Å². The van der Waals surface area contributed by atoms with Crippen molar-refractivity contribution in [2.24, 2.45) is 0 Å². The van der Waals surface area contributed by atoms with Crippen LogP contribution in [0.1, 0.15) is 119 Å². The molecule has 1 aliphatic carbocycles. The minimum Gasteiger partial charge on any atom is -0.423 e. The average molecular weight is 631 g/mol. The molecule has 0 unspecified atom stereocenters. The molecule has 1 fully saturated rings. The summed E-state index contributed by atoms with van der Waals surface area (Å²) in [5, 5.41) is 0. The lowest BCUT2D eigenvalue weighted by Gasteiger charge is -2.38. The largest absolute Gasteiger partial charge is 0.423 e. The summed E-state index contributed by atoms with van der Waals surface area (Å²) < 4.78 is 15.8. The summed E-state index contributed by atoms with van der Waals surface area (Å²) in [5.74, 6) is -2.75. The highest BCUT2D eigenvalue weighted by Gasteiger charge is 2.36. The number of rotatable bonds is 8. The van der Waals surface area contributed by atoms with E-state index < -0.39 is 23.9 Å². The molecule has 1 saturated carbocycles. The first-order valence-corrected chi connectivity index (χ1v) is 15.3. The van der Waals surface area contributed by atoms with Gasteiger partial charge in [-0.1, -0.05) is 43.5 Å². The summed E-state index contributed by atoms with van der Waals surface area (Å²) in [4.78, 5) is 73.3. The maximum absolute atomic E-state index is 12.9. The minimum absolute atomic E-state index is 0.0327. The van der Waals surface area contributed by atoms with E-state index in [4.69, 9.17) is 9.47 Å². The molecule has 6 rings (SSSR count). The molecule has 236 valence electrons. The summed E-state index contributed by atoms with van der Waals surface area (Å²) in [5.41, 5.74) is 2.69. The molecule has 0 saturated heterocycles. The Balaban J connectivity index is 1.19. The van der Waals surface area contributed by atoms with Crippen molar-refractivity contribution in [1.82, 2.24) is 0 Å². The van der Waals surface area contributed by atoms with E-state index in [0.29, 0.717) is 11.5 Å². The lowest BCUT2D eigenvalue weighted by molar-refractivity contribution is 0.0442. The van der Waals surface area contributed by atoms with Crippen LogP contribution < -0.4 is 9.47 Å². The number of ether oxygens (including phenoxy) is 3. The lowest BCUT2D eigenvalue weighted by atomic mass is 9.65. The second-order valence-electron chi connectivity index (χ2n) is 11.8. The Kier molecular flexibility index (Phi) is 8.38. The van der Waals surface area contributed by atoms with E-state index in [1.807, 2.05) is 24.3 Å². The third-order valence-corrected chi connectivity index (χ3v) is 8.84. The Labute approximate surface area is 270 Å². The number of ketones is 2. The van der Waals surface area contributed by atoms with Crippen LogP contribution in [0.3, 0.4) is 0 Å². The normalized spacial score (nSPS) is 14.9. The number of carbonyl (C=O) groups is 6. The number of cyclic esters (lactones) is 2. The van der Waals surface area contributed by atoms with Crippen LogP contribution in [-0.4, -0.2) is 35.4 Å². The zero-order valence-electron chi connectivity index (χ0n) is 25.8. The molecule has 0 amide bonds. The molecule has 4 aromatic rings. The molecule has 47 heavy (non-hydrogen) atoms. The van der Waals surface area contributed by atoms with Crippen LogP contribution in [0, 0.1) is 0 Å². The Hall–Kier alpha value is -5.70. The van der Waals surface area contributed by atoms with E-state index in [-0.39, 0.29) is 50.4 Å². The molecular weight excluding hydrogens is 600 g/mol. The Morgan fingerprint density at radius 1 is 0.574 bits per heavy atom. The van der Waals surface area contributed by atoms with E-state index in [9.17, 15) is 28.8 Å². The third kappa shape index (κ3) is 6.12. The van der Waals surface area contributed by atoms with Crippen molar-refractivity contribution in [2.45, 2.75) is 51.4 Å². The van der Waals surface area contributed by atoms with Gasteiger partial charge in [-0.2, -0.15) is 0 Å². The predicted octanol–water partition coefficient (Wildman–Crippen LogP) is 7.09. The lowest BCUT2D eigenvalue weighted by Crippen LogP contribution is -2.30. The number of fused-ring (bicyclic) bond motifs is 1. The van der Waals surface area contributed by atoms with Gasteiger partial charge in [-0.05, 0) is 98.5 Å². The number of carbonyl (C=O) groups excluding carboxylic acids is 6. The minimum atomic E-state index is -0.795. The summed E-state index contributed by atoms with van der Waals surface area (Å²) in [7, 11) is 0.